The molecule has 0 bridgehead atoms. The van der Waals surface area contributed by atoms with Gasteiger partial charge in [0.15, 0.2) is 0 Å². The number of fused-ring (bicyclic) bond motifs is 1. The van der Waals surface area contributed by atoms with Crippen LogP contribution in [0.15, 0.2) is 42.5 Å². The van der Waals surface area contributed by atoms with Gasteiger partial charge in [-0.2, -0.15) is 0 Å². The van der Waals surface area contributed by atoms with E-state index in [4.69, 9.17) is 4.74 Å². The van der Waals surface area contributed by atoms with Gasteiger partial charge in [-0.1, -0.05) is 18.2 Å². The summed E-state index contributed by atoms with van der Waals surface area (Å²) in [5.74, 6) is 0.119. The molecule has 0 radical (unpaired) electrons. The van der Waals surface area contributed by atoms with Gasteiger partial charge in [0.2, 0.25) is 0 Å². The van der Waals surface area contributed by atoms with Crippen molar-refractivity contribution in [3.05, 3.63) is 59.7 Å². The highest BCUT2D eigenvalue weighted by Gasteiger charge is 2.23. The van der Waals surface area contributed by atoms with Crippen LogP contribution in [0, 0.1) is 11.6 Å². The Balaban J connectivity index is 1.72. The number of ether oxygens (including phenoxy) is 1. The van der Waals surface area contributed by atoms with Gasteiger partial charge in [-0.15, -0.1) is 0 Å². The maximum absolute atomic E-state index is 13.5. The van der Waals surface area contributed by atoms with Crippen molar-refractivity contribution in [3.8, 4) is 5.75 Å². The third kappa shape index (κ3) is 2.38. The van der Waals surface area contributed by atoms with Crippen molar-refractivity contribution < 1.29 is 13.5 Å². The van der Waals surface area contributed by atoms with E-state index in [2.05, 4.69) is 5.32 Å². The highest BCUT2D eigenvalue weighted by atomic mass is 19.1. The minimum Gasteiger partial charge on any atom is -0.493 e. The lowest BCUT2D eigenvalue weighted by Crippen LogP contribution is -2.14. The summed E-state index contributed by atoms with van der Waals surface area (Å²) in [6.45, 7) is 1.07. The van der Waals surface area contributed by atoms with E-state index in [0.29, 0.717) is 13.2 Å². The third-order valence-corrected chi connectivity index (χ3v) is 3.27. The summed E-state index contributed by atoms with van der Waals surface area (Å²) >= 11 is 0. The topological polar surface area (TPSA) is 21.3 Å². The number of halogens is 2. The zero-order valence-corrected chi connectivity index (χ0v) is 10.2. The number of hydrogen-bond donors (Lipinski definition) is 1. The van der Waals surface area contributed by atoms with Crippen LogP contribution in [0.5, 0.6) is 5.75 Å². The molecule has 0 saturated carbocycles. The van der Waals surface area contributed by atoms with E-state index in [0.717, 1.165) is 29.5 Å². The van der Waals surface area contributed by atoms with Gasteiger partial charge in [0.25, 0.3) is 0 Å². The van der Waals surface area contributed by atoms with E-state index in [9.17, 15) is 8.78 Å². The van der Waals surface area contributed by atoms with Gasteiger partial charge in [0.1, 0.15) is 17.4 Å². The van der Waals surface area contributed by atoms with Gasteiger partial charge < -0.3 is 10.1 Å². The molecule has 2 aromatic rings. The molecule has 3 rings (SSSR count). The summed E-state index contributed by atoms with van der Waals surface area (Å²) in [6.07, 6.45) is 0. The summed E-state index contributed by atoms with van der Waals surface area (Å²) < 4.78 is 32.1. The molecule has 1 aliphatic rings. The molecule has 1 heterocycles. The minimum absolute atomic E-state index is 0.152. The monoisotopic (exact) mass is 261 g/mol. The number of rotatable bonds is 3. The molecule has 0 fully saturated rings. The Morgan fingerprint density at radius 2 is 2.00 bits per heavy atom. The Bertz CT molecular complexity index is 600. The molecule has 98 valence electrons. The van der Waals surface area contributed by atoms with Crippen molar-refractivity contribution in [1.29, 1.82) is 0 Å². The van der Waals surface area contributed by atoms with Crippen molar-refractivity contribution >= 4 is 5.69 Å². The number of nitrogens with one attached hydrogen (secondary N) is 1. The van der Waals surface area contributed by atoms with E-state index in [1.54, 1.807) is 0 Å². The molecule has 0 aromatic heterocycles. The molecule has 19 heavy (non-hydrogen) atoms. The standard InChI is InChI=1S/C15H13F2NO/c16-11-5-6-13(17)14(7-11)18-8-10-9-19-15-4-2-1-3-12(10)15/h1-7,10,18H,8-9H2. The second-order valence-corrected chi connectivity index (χ2v) is 4.55. The van der Waals surface area contributed by atoms with Gasteiger partial charge in [0, 0.05) is 18.0 Å². The molecule has 0 aliphatic carbocycles. The summed E-state index contributed by atoms with van der Waals surface area (Å²) in [5.41, 5.74) is 1.29. The van der Waals surface area contributed by atoms with Gasteiger partial charge in [0.05, 0.1) is 12.3 Å². The largest absolute Gasteiger partial charge is 0.493 e. The predicted molar refractivity (Wildman–Crippen MR) is 69.5 cm³/mol. The van der Waals surface area contributed by atoms with E-state index in [1.807, 2.05) is 24.3 Å². The van der Waals surface area contributed by atoms with Crippen LogP contribution in [0.25, 0.3) is 0 Å². The van der Waals surface area contributed by atoms with Crippen LogP contribution in [0.3, 0.4) is 0 Å². The number of benzene rings is 2. The van der Waals surface area contributed by atoms with Crippen LogP contribution in [0.1, 0.15) is 11.5 Å². The SMILES string of the molecule is Fc1ccc(F)c(NCC2COc3ccccc32)c1. The molecule has 0 spiro atoms. The molecule has 2 aromatic carbocycles. The fourth-order valence-corrected chi connectivity index (χ4v) is 2.26. The van der Waals surface area contributed by atoms with Crippen LogP contribution >= 0.6 is 0 Å². The number of para-hydroxylation sites is 1. The molecule has 1 aliphatic heterocycles. The first-order valence-corrected chi connectivity index (χ1v) is 6.14. The molecule has 0 saturated heterocycles. The Morgan fingerprint density at radius 3 is 2.89 bits per heavy atom. The van der Waals surface area contributed by atoms with Gasteiger partial charge >= 0.3 is 0 Å². The number of hydrogen-bond acceptors (Lipinski definition) is 2. The van der Waals surface area contributed by atoms with E-state index in [-0.39, 0.29) is 11.6 Å². The highest BCUT2D eigenvalue weighted by Crippen LogP contribution is 2.33. The van der Waals surface area contributed by atoms with Crippen molar-refractivity contribution in [1.82, 2.24) is 0 Å². The van der Waals surface area contributed by atoms with Crippen molar-refractivity contribution in [3.63, 3.8) is 0 Å². The first-order chi connectivity index (χ1) is 9.24. The van der Waals surface area contributed by atoms with E-state index < -0.39 is 11.6 Å². The molecular formula is C15H13F2NO. The van der Waals surface area contributed by atoms with Gasteiger partial charge in [-0.05, 0) is 24.3 Å². The first-order valence-electron chi connectivity index (χ1n) is 6.14. The summed E-state index contributed by atoms with van der Waals surface area (Å²) in [7, 11) is 0. The van der Waals surface area contributed by atoms with Crippen LogP contribution in [-0.4, -0.2) is 13.2 Å². The normalized spacial score (nSPS) is 16.8. The van der Waals surface area contributed by atoms with Crippen LogP contribution in [0.4, 0.5) is 14.5 Å². The van der Waals surface area contributed by atoms with Gasteiger partial charge in [-0.3, -0.25) is 0 Å². The second kappa shape index (κ2) is 4.88. The van der Waals surface area contributed by atoms with Crippen LogP contribution < -0.4 is 10.1 Å². The Morgan fingerprint density at radius 1 is 1.16 bits per heavy atom. The first kappa shape index (κ1) is 12.0. The van der Waals surface area contributed by atoms with Crippen LogP contribution in [-0.2, 0) is 0 Å². The summed E-state index contributed by atoms with van der Waals surface area (Å²) in [5, 5.41) is 2.94. The highest BCUT2D eigenvalue weighted by molar-refractivity contribution is 5.47. The lowest BCUT2D eigenvalue weighted by Gasteiger charge is -2.12. The van der Waals surface area contributed by atoms with E-state index >= 15 is 0 Å². The predicted octanol–water partition coefficient (Wildman–Crippen LogP) is 3.55. The molecule has 2 nitrogen and oxygen atoms in total. The van der Waals surface area contributed by atoms with Crippen molar-refractivity contribution in [2.45, 2.75) is 5.92 Å². The molecule has 0 amide bonds. The van der Waals surface area contributed by atoms with Crippen LogP contribution in [0.2, 0.25) is 0 Å². The molecule has 1 unspecified atom stereocenters. The third-order valence-electron chi connectivity index (χ3n) is 3.27. The molecule has 1 atom stereocenters. The van der Waals surface area contributed by atoms with Gasteiger partial charge in [-0.25, -0.2) is 8.78 Å². The fraction of sp³-hybridized carbons (Fsp3) is 0.200. The molecule has 1 N–H and O–H groups in total. The maximum atomic E-state index is 13.5. The Kier molecular flexibility index (Phi) is 3.07. The Labute approximate surface area is 110 Å². The minimum atomic E-state index is -0.452. The van der Waals surface area contributed by atoms with Crippen molar-refractivity contribution in [2.24, 2.45) is 0 Å². The fourth-order valence-electron chi connectivity index (χ4n) is 2.26. The zero-order valence-electron chi connectivity index (χ0n) is 10.2. The van der Waals surface area contributed by atoms with E-state index in [1.165, 1.54) is 0 Å². The molecular weight excluding hydrogens is 248 g/mol. The Hall–Kier alpha value is -2.10. The summed E-state index contributed by atoms with van der Waals surface area (Å²) in [4.78, 5) is 0. The maximum Gasteiger partial charge on any atom is 0.146 e. The smallest absolute Gasteiger partial charge is 0.146 e. The van der Waals surface area contributed by atoms with Crippen molar-refractivity contribution in [2.75, 3.05) is 18.5 Å². The second-order valence-electron chi connectivity index (χ2n) is 4.55. The lowest BCUT2D eigenvalue weighted by atomic mass is 10.0. The zero-order chi connectivity index (χ0) is 13.2. The lowest BCUT2D eigenvalue weighted by molar-refractivity contribution is 0.334. The molecule has 4 heteroatoms. The average Bonchev–Trinajstić information content (AvgIpc) is 2.83. The quantitative estimate of drug-likeness (QED) is 0.912. The average molecular weight is 261 g/mol. The number of anilines is 1. The summed E-state index contributed by atoms with van der Waals surface area (Å²) in [6, 6.07) is 11.2.